The van der Waals surface area contributed by atoms with Crippen LogP contribution in [0.2, 0.25) is 0 Å². The first kappa shape index (κ1) is 15.8. The Hall–Kier alpha value is -1.60. The van der Waals surface area contributed by atoms with Gasteiger partial charge in [0.25, 0.3) is 0 Å². The third-order valence-electron chi connectivity index (χ3n) is 4.04. The molecular weight excluding hydrogens is 256 g/mol. The first-order valence-electron chi connectivity index (χ1n) is 7.62. The highest BCUT2D eigenvalue weighted by Gasteiger charge is 2.15. The van der Waals surface area contributed by atoms with E-state index in [0.717, 1.165) is 11.1 Å². The highest BCUT2D eigenvalue weighted by molar-refractivity contribution is 5.34. The minimum absolute atomic E-state index is 0.171. The Morgan fingerprint density at radius 1 is 0.952 bits per heavy atom. The molecule has 0 aliphatic carbocycles. The van der Waals surface area contributed by atoms with E-state index in [2.05, 4.69) is 77.1 Å². The van der Waals surface area contributed by atoms with Crippen molar-refractivity contribution in [2.45, 2.75) is 52.6 Å². The average molecular weight is 282 g/mol. The van der Waals surface area contributed by atoms with Crippen molar-refractivity contribution in [3.8, 4) is 0 Å². The van der Waals surface area contributed by atoms with Crippen LogP contribution in [0.1, 0.15) is 54.7 Å². The summed E-state index contributed by atoms with van der Waals surface area (Å²) in [5, 5.41) is 10.5. The van der Waals surface area contributed by atoms with Crippen molar-refractivity contribution in [3.05, 3.63) is 70.3 Å². The third-order valence-corrected chi connectivity index (χ3v) is 4.04. The zero-order valence-electron chi connectivity index (χ0n) is 13.8. The maximum atomic E-state index is 10.5. The Balaban J connectivity index is 2.16. The quantitative estimate of drug-likeness (QED) is 0.851. The van der Waals surface area contributed by atoms with Gasteiger partial charge in [-0.1, -0.05) is 68.8 Å². The predicted octanol–water partition coefficient (Wildman–Crippen LogP) is 4.88. The van der Waals surface area contributed by atoms with E-state index in [4.69, 9.17) is 0 Å². The van der Waals surface area contributed by atoms with E-state index < -0.39 is 6.10 Å². The van der Waals surface area contributed by atoms with Crippen molar-refractivity contribution in [1.82, 2.24) is 0 Å². The zero-order valence-corrected chi connectivity index (χ0v) is 13.8. The van der Waals surface area contributed by atoms with Crippen LogP contribution >= 0.6 is 0 Å². The Morgan fingerprint density at radius 2 is 1.57 bits per heavy atom. The Kier molecular flexibility index (Phi) is 4.53. The molecule has 112 valence electrons. The monoisotopic (exact) mass is 282 g/mol. The Labute approximate surface area is 128 Å². The fraction of sp³-hybridized carbons (Fsp3) is 0.400. The smallest absolute Gasteiger partial charge is 0.0833 e. The molecular formula is C20H26O. The second-order valence-corrected chi connectivity index (χ2v) is 7.03. The van der Waals surface area contributed by atoms with Gasteiger partial charge >= 0.3 is 0 Å². The van der Waals surface area contributed by atoms with E-state index in [1.165, 1.54) is 16.7 Å². The zero-order chi connectivity index (χ0) is 15.6. The number of rotatable bonds is 3. The lowest BCUT2D eigenvalue weighted by atomic mass is 9.86. The number of benzene rings is 2. The van der Waals surface area contributed by atoms with E-state index in [1.54, 1.807) is 0 Å². The van der Waals surface area contributed by atoms with Crippen LogP contribution in [-0.2, 0) is 11.8 Å². The lowest BCUT2D eigenvalue weighted by molar-refractivity contribution is 0.177. The molecule has 1 heteroatoms. The maximum Gasteiger partial charge on any atom is 0.0833 e. The molecule has 2 aromatic rings. The van der Waals surface area contributed by atoms with Crippen LogP contribution < -0.4 is 0 Å². The highest BCUT2D eigenvalue weighted by atomic mass is 16.3. The third kappa shape index (κ3) is 3.95. The van der Waals surface area contributed by atoms with Gasteiger partial charge in [-0.05, 0) is 41.5 Å². The number of hydrogen-bond donors (Lipinski definition) is 1. The molecule has 21 heavy (non-hydrogen) atoms. The summed E-state index contributed by atoms with van der Waals surface area (Å²) < 4.78 is 0. The minimum Gasteiger partial charge on any atom is -0.388 e. The summed E-state index contributed by atoms with van der Waals surface area (Å²) in [5.41, 5.74) is 6.06. The normalized spacial score (nSPS) is 13.2. The molecule has 0 heterocycles. The molecule has 1 atom stereocenters. The molecule has 0 bridgehead atoms. The van der Waals surface area contributed by atoms with Crippen molar-refractivity contribution >= 4 is 0 Å². The summed E-state index contributed by atoms with van der Waals surface area (Å²) in [6.45, 7) is 10.8. The van der Waals surface area contributed by atoms with Gasteiger partial charge in [-0.15, -0.1) is 0 Å². The number of aliphatic hydroxyl groups excluding tert-OH is 1. The molecule has 0 saturated carbocycles. The Bertz CT molecular complexity index is 603. The van der Waals surface area contributed by atoms with Gasteiger partial charge in [-0.25, -0.2) is 0 Å². The van der Waals surface area contributed by atoms with E-state index >= 15 is 0 Å². The molecule has 0 fully saturated rings. The molecule has 0 radical (unpaired) electrons. The van der Waals surface area contributed by atoms with Crippen LogP contribution in [-0.4, -0.2) is 5.11 Å². The first-order valence-corrected chi connectivity index (χ1v) is 7.62. The van der Waals surface area contributed by atoms with Crippen molar-refractivity contribution in [3.63, 3.8) is 0 Å². The number of aliphatic hydroxyl groups is 1. The van der Waals surface area contributed by atoms with Crippen LogP contribution in [0.4, 0.5) is 0 Å². The first-order chi connectivity index (χ1) is 9.77. The second kappa shape index (κ2) is 6.03. The van der Waals surface area contributed by atoms with Crippen molar-refractivity contribution in [1.29, 1.82) is 0 Å². The van der Waals surface area contributed by atoms with Crippen molar-refractivity contribution in [2.75, 3.05) is 0 Å². The van der Waals surface area contributed by atoms with Gasteiger partial charge in [0.2, 0.25) is 0 Å². The van der Waals surface area contributed by atoms with Crippen LogP contribution in [0.15, 0.2) is 42.5 Å². The van der Waals surface area contributed by atoms with E-state index in [1.807, 2.05) is 0 Å². The fourth-order valence-corrected chi connectivity index (χ4v) is 2.59. The predicted molar refractivity (Wildman–Crippen MR) is 89.7 cm³/mol. The maximum absolute atomic E-state index is 10.5. The van der Waals surface area contributed by atoms with Gasteiger partial charge < -0.3 is 5.11 Å². The van der Waals surface area contributed by atoms with Crippen LogP contribution in [0.5, 0.6) is 0 Å². The van der Waals surface area contributed by atoms with Gasteiger partial charge in [0.15, 0.2) is 0 Å². The molecule has 0 spiro atoms. The van der Waals surface area contributed by atoms with E-state index in [0.29, 0.717) is 6.42 Å². The topological polar surface area (TPSA) is 20.2 Å². The van der Waals surface area contributed by atoms with Gasteiger partial charge in [0.1, 0.15) is 0 Å². The van der Waals surface area contributed by atoms with Gasteiger partial charge in [-0.2, -0.15) is 0 Å². The molecule has 0 amide bonds. The van der Waals surface area contributed by atoms with Crippen LogP contribution in [0.3, 0.4) is 0 Å². The second-order valence-electron chi connectivity index (χ2n) is 7.03. The summed E-state index contributed by atoms with van der Waals surface area (Å²) in [4.78, 5) is 0. The minimum atomic E-state index is -0.439. The molecule has 1 nitrogen and oxygen atoms in total. The average Bonchev–Trinajstić information content (AvgIpc) is 2.41. The summed E-state index contributed by atoms with van der Waals surface area (Å²) in [6.07, 6.45) is 0.222. The molecule has 0 aliphatic heterocycles. The molecule has 1 unspecified atom stereocenters. The fourth-order valence-electron chi connectivity index (χ4n) is 2.59. The van der Waals surface area contributed by atoms with E-state index in [-0.39, 0.29) is 5.41 Å². The highest BCUT2D eigenvalue weighted by Crippen LogP contribution is 2.25. The number of aryl methyl sites for hydroxylation is 2. The largest absolute Gasteiger partial charge is 0.388 e. The van der Waals surface area contributed by atoms with Gasteiger partial charge in [-0.3, -0.25) is 0 Å². The van der Waals surface area contributed by atoms with E-state index in [9.17, 15) is 5.11 Å². The molecule has 2 aromatic carbocycles. The summed E-state index contributed by atoms with van der Waals surface area (Å²) in [6, 6.07) is 14.9. The van der Waals surface area contributed by atoms with Crippen LogP contribution in [0.25, 0.3) is 0 Å². The number of hydrogen-bond acceptors (Lipinski definition) is 1. The Morgan fingerprint density at radius 3 is 2.14 bits per heavy atom. The standard InChI is InChI=1S/C20H26O/c1-14-6-7-15(2)18(12-14)19(21)13-16-8-10-17(11-9-16)20(3,4)5/h6-12,19,21H,13H2,1-5H3. The molecule has 0 aliphatic rings. The SMILES string of the molecule is Cc1ccc(C)c(C(O)Cc2ccc(C(C)(C)C)cc2)c1. The molecule has 2 rings (SSSR count). The molecule has 0 saturated heterocycles. The summed E-state index contributed by atoms with van der Waals surface area (Å²) in [5.74, 6) is 0. The van der Waals surface area contributed by atoms with Gasteiger partial charge in [0, 0.05) is 6.42 Å². The van der Waals surface area contributed by atoms with Crippen LogP contribution in [0, 0.1) is 13.8 Å². The molecule has 0 aromatic heterocycles. The van der Waals surface area contributed by atoms with Crippen molar-refractivity contribution < 1.29 is 5.11 Å². The summed E-state index contributed by atoms with van der Waals surface area (Å²) >= 11 is 0. The van der Waals surface area contributed by atoms with Gasteiger partial charge in [0.05, 0.1) is 6.10 Å². The lowest BCUT2D eigenvalue weighted by Crippen LogP contribution is -2.11. The summed E-state index contributed by atoms with van der Waals surface area (Å²) in [7, 11) is 0. The lowest BCUT2D eigenvalue weighted by Gasteiger charge is -2.20. The van der Waals surface area contributed by atoms with Crippen molar-refractivity contribution in [2.24, 2.45) is 0 Å². The molecule has 1 N–H and O–H groups in total.